The molecule has 5 rings (SSSR count). The summed E-state index contributed by atoms with van der Waals surface area (Å²) in [6.45, 7) is 8.72. The average molecular weight is 443 g/mol. The third-order valence-electron chi connectivity index (χ3n) is 6.60. The molecule has 6 heteroatoms. The molecule has 6 nitrogen and oxygen atoms in total. The minimum Gasteiger partial charge on any atom is -0.496 e. The second kappa shape index (κ2) is 8.52. The van der Waals surface area contributed by atoms with E-state index in [1.54, 1.807) is 7.11 Å². The quantitative estimate of drug-likeness (QED) is 0.457. The summed E-state index contributed by atoms with van der Waals surface area (Å²) in [6, 6.07) is 16.2. The molecule has 33 heavy (non-hydrogen) atoms. The Balaban J connectivity index is 1.59. The fourth-order valence-corrected chi connectivity index (χ4v) is 4.89. The molecule has 0 fully saturated rings. The second-order valence-corrected chi connectivity index (χ2v) is 9.16. The minimum absolute atomic E-state index is 0.0750. The summed E-state index contributed by atoms with van der Waals surface area (Å²) >= 11 is 0. The Bertz CT molecular complexity index is 1370. The number of hydrogen-bond donors (Lipinski definition) is 0. The van der Waals surface area contributed by atoms with Gasteiger partial charge in [0, 0.05) is 30.8 Å². The molecule has 0 atom stereocenters. The number of fused-ring (bicyclic) bond motifs is 3. The van der Waals surface area contributed by atoms with E-state index in [1.165, 1.54) is 5.56 Å². The van der Waals surface area contributed by atoms with E-state index in [2.05, 4.69) is 37.8 Å². The van der Waals surface area contributed by atoms with Crippen LogP contribution in [0.25, 0.3) is 11.3 Å². The van der Waals surface area contributed by atoms with E-state index in [0.29, 0.717) is 13.0 Å². The van der Waals surface area contributed by atoms with Crippen LogP contribution in [0, 0.1) is 6.92 Å². The molecule has 0 aliphatic carbocycles. The number of benzene rings is 2. The molecule has 170 valence electrons. The van der Waals surface area contributed by atoms with Crippen molar-refractivity contribution in [2.75, 3.05) is 13.7 Å². The number of nitrogens with zero attached hydrogens (tertiary/aromatic N) is 4. The van der Waals surface area contributed by atoms with Crippen molar-refractivity contribution in [1.29, 1.82) is 0 Å². The smallest absolute Gasteiger partial charge is 0.261 e. The Morgan fingerprint density at radius 1 is 1.12 bits per heavy atom. The SMILES string of the molecule is COc1ccc(CN2CCc3c(n4ncc(C(C)C)c4n(-c4ccccc4)c3=O)C2)cc1C. The molecular formula is C27H30N4O2. The predicted octanol–water partition coefficient (Wildman–Crippen LogP) is 4.48. The van der Waals surface area contributed by atoms with Gasteiger partial charge in [0.15, 0.2) is 0 Å². The molecule has 0 saturated heterocycles. The number of aryl methyl sites for hydroxylation is 1. The van der Waals surface area contributed by atoms with Gasteiger partial charge in [0.2, 0.25) is 0 Å². The van der Waals surface area contributed by atoms with E-state index in [4.69, 9.17) is 9.84 Å². The van der Waals surface area contributed by atoms with Gasteiger partial charge in [0.1, 0.15) is 11.4 Å². The number of ether oxygens (including phenoxy) is 1. The van der Waals surface area contributed by atoms with E-state index in [9.17, 15) is 4.79 Å². The Morgan fingerprint density at radius 2 is 1.91 bits per heavy atom. The van der Waals surface area contributed by atoms with Crippen LogP contribution in [0.3, 0.4) is 0 Å². The van der Waals surface area contributed by atoms with E-state index < -0.39 is 0 Å². The van der Waals surface area contributed by atoms with Gasteiger partial charge in [-0.25, -0.2) is 4.52 Å². The molecule has 0 spiro atoms. The van der Waals surface area contributed by atoms with Crippen molar-refractivity contribution < 1.29 is 4.74 Å². The zero-order valence-electron chi connectivity index (χ0n) is 19.7. The van der Waals surface area contributed by atoms with Crippen LogP contribution in [0.5, 0.6) is 5.75 Å². The van der Waals surface area contributed by atoms with Crippen molar-refractivity contribution in [2.24, 2.45) is 0 Å². The number of rotatable bonds is 5. The minimum atomic E-state index is 0.0750. The van der Waals surface area contributed by atoms with E-state index in [-0.39, 0.29) is 11.5 Å². The maximum absolute atomic E-state index is 13.8. The number of aromatic nitrogens is 3. The first-order chi connectivity index (χ1) is 16.0. The van der Waals surface area contributed by atoms with Gasteiger partial charge < -0.3 is 4.74 Å². The maximum Gasteiger partial charge on any atom is 0.261 e. The molecule has 0 saturated carbocycles. The summed E-state index contributed by atoms with van der Waals surface area (Å²) in [7, 11) is 1.70. The van der Waals surface area contributed by atoms with Gasteiger partial charge in [0.25, 0.3) is 5.56 Å². The summed E-state index contributed by atoms with van der Waals surface area (Å²) in [4.78, 5) is 16.2. The van der Waals surface area contributed by atoms with Crippen LogP contribution in [0.15, 0.2) is 59.5 Å². The monoisotopic (exact) mass is 442 g/mol. The van der Waals surface area contributed by atoms with Crippen LogP contribution in [-0.4, -0.2) is 32.7 Å². The summed E-state index contributed by atoms with van der Waals surface area (Å²) in [5.41, 5.74) is 7.17. The lowest BCUT2D eigenvalue weighted by Gasteiger charge is -2.29. The zero-order valence-corrected chi connectivity index (χ0v) is 19.7. The van der Waals surface area contributed by atoms with Crippen LogP contribution < -0.4 is 10.3 Å². The van der Waals surface area contributed by atoms with Crippen molar-refractivity contribution in [3.8, 4) is 11.4 Å². The van der Waals surface area contributed by atoms with Gasteiger partial charge in [-0.1, -0.05) is 44.2 Å². The summed E-state index contributed by atoms with van der Waals surface area (Å²) in [5.74, 6) is 1.17. The normalized spacial score (nSPS) is 14.1. The van der Waals surface area contributed by atoms with Crippen molar-refractivity contribution >= 4 is 5.65 Å². The average Bonchev–Trinajstić information content (AvgIpc) is 3.25. The molecular weight excluding hydrogens is 412 g/mol. The molecule has 2 aromatic carbocycles. The van der Waals surface area contributed by atoms with Gasteiger partial charge in [-0.15, -0.1) is 0 Å². The molecule has 3 heterocycles. The molecule has 2 aromatic heterocycles. The number of para-hydroxylation sites is 1. The first kappa shape index (κ1) is 21.5. The van der Waals surface area contributed by atoms with Crippen LogP contribution in [0.4, 0.5) is 0 Å². The molecule has 0 N–H and O–H groups in total. The van der Waals surface area contributed by atoms with Crippen molar-refractivity contribution in [3.05, 3.63) is 93.0 Å². The molecule has 4 aromatic rings. The lowest BCUT2D eigenvalue weighted by Crippen LogP contribution is -2.38. The Morgan fingerprint density at radius 3 is 2.61 bits per heavy atom. The van der Waals surface area contributed by atoms with Gasteiger partial charge in [-0.2, -0.15) is 5.10 Å². The second-order valence-electron chi connectivity index (χ2n) is 9.16. The molecule has 0 unspecified atom stereocenters. The molecule has 0 amide bonds. The predicted molar refractivity (Wildman–Crippen MR) is 130 cm³/mol. The highest BCUT2D eigenvalue weighted by Crippen LogP contribution is 2.27. The van der Waals surface area contributed by atoms with Crippen LogP contribution >= 0.6 is 0 Å². The number of hydrogen-bond acceptors (Lipinski definition) is 4. The van der Waals surface area contributed by atoms with Gasteiger partial charge in [0.05, 0.1) is 24.7 Å². The van der Waals surface area contributed by atoms with Gasteiger partial charge in [-0.05, 0) is 48.6 Å². The van der Waals surface area contributed by atoms with E-state index in [0.717, 1.165) is 52.6 Å². The molecule has 1 aliphatic rings. The summed E-state index contributed by atoms with van der Waals surface area (Å²) in [5, 5.41) is 4.77. The van der Waals surface area contributed by atoms with Crippen LogP contribution in [-0.2, 0) is 19.5 Å². The van der Waals surface area contributed by atoms with Crippen LogP contribution in [0.1, 0.15) is 47.7 Å². The fourth-order valence-electron chi connectivity index (χ4n) is 4.89. The zero-order chi connectivity index (χ0) is 23.1. The maximum atomic E-state index is 13.8. The fraction of sp³-hybridized carbons (Fsp3) is 0.333. The van der Waals surface area contributed by atoms with Gasteiger partial charge in [-0.3, -0.25) is 14.3 Å². The first-order valence-corrected chi connectivity index (χ1v) is 11.5. The highest BCUT2D eigenvalue weighted by atomic mass is 16.5. The van der Waals surface area contributed by atoms with E-state index in [1.807, 2.05) is 51.7 Å². The Kier molecular flexibility index (Phi) is 5.54. The third-order valence-corrected chi connectivity index (χ3v) is 6.60. The molecule has 1 aliphatic heterocycles. The molecule has 0 bridgehead atoms. The summed E-state index contributed by atoms with van der Waals surface area (Å²) < 4.78 is 9.26. The lowest BCUT2D eigenvalue weighted by molar-refractivity contribution is 0.237. The standard InChI is InChI=1S/C27H30N4O2/c1-18(2)23-15-28-31-24-17-29(16-20-10-11-25(33-4)19(3)14-20)13-12-22(24)27(32)30(26(23)31)21-8-6-5-7-9-21/h5-11,14-15,18H,12-13,16-17H2,1-4H3. The molecule has 0 radical (unpaired) electrons. The van der Waals surface area contributed by atoms with Crippen molar-refractivity contribution in [3.63, 3.8) is 0 Å². The van der Waals surface area contributed by atoms with E-state index >= 15 is 0 Å². The Hall–Kier alpha value is -3.38. The Labute approximate surface area is 194 Å². The third kappa shape index (κ3) is 3.74. The topological polar surface area (TPSA) is 51.8 Å². The number of methoxy groups -OCH3 is 1. The lowest BCUT2D eigenvalue weighted by atomic mass is 10.0. The van der Waals surface area contributed by atoms with Crippen molar-refractivity contribution in [2.45, 2.75) is 46.2 Å². The highest BCUT2D eigenvalue weighted by molar-refractivity contribution is 5.57. The highest BCUT2D eigenvalue weighted by Gasteiger charge is 2.27. The summed E-state index contributed by atoms with van der Waals surface area (Å²) in [6.07, 6.45) is 2.63. The van der Waals surface area contributed by atoms with Crippen molar-refractivity contribution in [1.82, 2.24) is 19.1 Å². The van der Waals surface area contributed by atoms with Gasteiger partial charge >= 0.3 is 0 Å². The largest absolute Gasteiger partial charge is 0.496 e. The first-order valence-electron chi connectivity index (χ1n) is 11.5. The van der Waals surface area contributed by atoms with Crippen LogP contribution in [0.2, 0.25) is 0 Å².